The Morgan fingerprint density at radius 2 is 1.75 bits per heavy atom. The monoisotopic (exact) mass is 295 g/mol. The van der Waals surface area contributed by atoms with Crippen LogP contribution in [0.4, 0.5) is 0 Å². The Balaban J connectivity index is 2.02. The number of rotatable bonds is 5. The molecule has 1 aliphatic heterocycles. The minimum atomic E-state index is -2.78. The van der Waals surface area contributed by atoms with Gasteiger partial charge in [-0.05, 0) is 30.7 Å². The van der Waals surface area contributed by atoms with Crippen LogP contribution >= 0.6 is 0 Å². The number of benzene rings is 1. The van der Waals surface area contributed by atoms with Crippen LogP contribution < -0.4 is 5.32 Å². The summed E-state index contributed by atoms with van der Waals surface area (Å²) in [6, 6.07) is 11.1. The van der Waals surface area contributed by atoms with Crippen molar-refractivity contribution in [2.45, 2.75) is 45.2 Å². The van der Waals surface area contributed by atoms with Crippen LogP contribution in [0.25, 0.3) is 0 Å². The quantitative estimate of drug-likeness (QED) is 0.908. The molecule has 1 unspecified atom stereocenters. The van der Waals surface area contributed by atoms with Crippen molar-refractivity contribution in [2.24, 2.45) is 5.92 Å². The molecule has 0 aliphatic carbocycles. The minimum Gasteiger partial charge on any atom is -0.307 e. The third kappa shape index (κ3) is 4.60. The molecule has 1 fully saturated rings. The summed E-state index contributed by atoms with van der Waals surface area (Å²) >= 11 is 0. The third-order valence-electron chi connectivity index (χ3n) is 3.90. The van der Waals surface area contributed by atoms with Crippen LogP contribution in [0.1, 0.15) is 44.7 Å². The van der Waals surface area contributed by atoms with Gasteiger partial charge in [0.05, 0.1) is 11.5 Å². The molecule has 0 radical (unpaired) electrons. The molecule has 0 amide bonds. The predicted molar refractivity (Wildman–Crippen MR) is 83.4 cm³/mol. The standard InChI is InChI=1S/C16H25NO2S/c1-13(2)12-16(14-6-4-3-5-7-14)17-15-8-10-20(18,19)11-9-15/h3-7,13,15-17H,8-12H2,1-2H3. The maximum Gasteiger partial charge on any atom is 0.150 e. The second kappa shape index (κ2) is 6.72. The summed E-state index contributed by atoms with van der Waals surface area (Å²) in [5.74, 6) is 1.27. The molecule has 1 aromatic carbocycles. The maximum absolute atomic E-state index is 11.5. The Morgan fingerprint density at radius 1 is 1.15 bits per heavy atom. The van der Waals surface area contributed by atoms with Crippen LogP contribution in [0, 0.1) is 5.92 Å². The number of hydrogen-bond donors (Lipinski definition) is 1. The van der Waals surface area contributed by atoms with Gasteiger partial charge in [-0.2, -0.15) is 0 Å². The smallest absolute Gasteiger partial charge is 0.150 e. The lowest BCUT2D eigenvalue weighted by molar-refractivity contribution is 0.360. The Kier molecular flexibility index (Phi) is 5.22. The Morgan fingerprint density at radius 3 is 2.30 bits per heavy atom. The first-order chi connectivity index (χ1) is 9.46. The first-order valence-corrected chi connectivity index (χ1v) is 9.30. The van der Waals surface area contributed by atoms with Gasteiger partial charge in [-0.3, -0.25) is 0 Å². The van der Waals surface area contributed by atoms with Crippen LogP contribution in [0.2, 0.25) is 0 Å². The molecule has 3 nitrogen and oxygen atoms in total. The lowest BCUT2D eigenvalue weighted by atomic mass is 9.95. The molecule has 1 N–H and O–H groups in total. The van der Waals surface area contributed by atoms with E-state index in [9.17, 15) is 8.42 Å². The SMILES string of the molecule is CC(C)CC(NC1CCS(=O)(=O)CC1)c1ccccc1. The average molecular weight is 295 g/mol. The van der Waals surface area contributed by atoms with E-state index in [4.69, 9.17) is 0 Å². The van der Waals surface area contributed by atoms with Gasteiger partial charge in [0.2, 0.25) is 0 Å². The number of hydrogen-bond acceptors (Lipinski definition) is 3. The molecule has 0 spiro atoms. The molecular formula is C16H25NO2S. The highest BCUT2D eigenvalue weighted by Gasteiger charge is 2.26. The second-order valence-electron chi connectivity index (χ2n) is 6.19. The largest absolute Gasteiger partial charge is 0.307 e. The average Bonchev–Trinajstić information content (AvgIpc) is 2.41. The van der Waals surface area contributed by atoms with Crippen molar-refractivity contribution < 1.29 is 8.42 Å². The molecule has 1 atom stereocenters. The van der Waals surface area contributed by atoms with Crippen LogP contribution in [-0.2, 0) is 9.84 Å². The highest BCUT2D eigenvalue weighted by molar-refractivity contribution is 7.91. The van der Waals surface area contributed by atoms with Gasteiger partial charge in [0, 0.05) is 12.1 Å². The Labute approximate surface area is 122 Å². The van der Waals surface area contributed by atoms with Crippen molar-refractivity contribution in [1.29, 1.82) is 0 Å². The molecule has 0 aromatic heterocycles. The van der Waals surface area contributed by atoms with Gasteiger partial charge in [-0.15, -0.1) is 0 Å². The van der Waals surface area contributed by atoms with E-state index < -0.39 is 9.84 Å². The zero-order valence-electron chi connectivity index (χ0n) is 12.4. The molecule has 0 bridgehead atoms. The van der Waals surface area contributed by atoms with Crippen LogP contribution in [0.5, 0.6) is 0 Å². The first kappa shape index (κ1) is 15.5. The number of sulfone groups is 1. The zero-order valence-corrected chi connectivity index (χ0v) is 13.2. The highest BCUT2D eigenvalue weighted by atomic mass is 32.2. The van der Waals surface area contributed by atoms with Gasteiger partial charge in [-0.1, -0.05) is 44.2 Å². The van der Waals surface area contributed by atoms with Gasteiger partial charge in [-0.25, -0.2) is 8.42 Å². The molecule has 4 heteroatoms. The fraction of sp³-hybridized carbons (Fsp3) is 0.625. The molecule has 1 aromatic rings. The van der Waals surface area contributed by atoms with Gasteiger partial charge in [0.25, 0.3) is 0 Å². The van der Waals surface area contributed by atoms with Crippen molar-refractivity contribution >= 4 is 9.84 Å². The van der Waals surface area contributed by atoms with Crippen LogP contribution in [0.3, 0.4) is 0 Å². The van der Waals surface area contributed by atoms with Gasteiger partial charge < -0.3 is 5.32 Å². The number of nitrogens with one attached hydrogen (secondary N) is 1. The third-order valence-corrected chi connectivity index (χ3v) is 5.62. The molecule has 1 saturated heterocycles. The van der Waals surface area contributed by atoms with E-state index in [-0.39, 0.29) is 0 Å². The van der Waals surface area contributed by atoms with Crippen LogP contribution in [-0.4, -0.2) is 26.0 Å². The molecule has 20 heavy (non-hydrogen) atoms. The summed E-state index contributed by atoms with van der Waals surface area (Å²) in [5.41, 5.74) is 1.30. The summed E-state index contributed by atoms with van der Waals surface area (Å²) in [4.78, 5) is 0. The van der Waals surface area contributed by atoms with Gasteiger partial charge >= 0.3 is 0 Å². The summed E-state index contributed by atoms with van der Waals surface area (Å²) in [7, 11) is -2.78. The van der Waals surface area contributed by atoms with E-state index in [1.807, 2.05) is 6.07 Å². The Hall–Kier alpha value is -0.870. The van der Waals surface area contributed by atoms with Crippen molar-refractivity contribution in [3.63, 3.8) is 0 Å². The summed E-state index contributed by atoms with van der Waals surface area (Å²) < 4.78 is 23.0. The fourth-order valence-corrected chi connectivity index (χ4v) is 4.29. The van der Waals surface area contributed by atoms with E-state index in [0.717, 1.165) is 19.3 Å². The highest BCUT2D eigenvalue weighted by Crippen LogP contribution is 2.24. The second-order valence-corrected chi connectivity index (χ2v) is 8.49. The topological polar surface area (TPSA) is 46.2 Å². The molecule has 1 heterocycles. The van der Waals surface area contributed by atoms with Crippen molar-refractivity contribution in [3.05, 3.63) is 35.9 Å². The summed E-state index contributed by atoms with van der Waals surface area (Å²) in [6.45, 7) is 4.45. The molecule has 0 saturated carbocycles. The van der Waals surface area contributed by atoms with E-state index in [1.54, 1.807) is 0 Å². The van der Waals surface area contributed by atoms with Crippen LogP contribution in [0.15, 0.2) is 30.3 Å². The van der Waals surface area contributed by atoms with E-state index >= 15 is 0 Å². The van der Waals surface area contributed by atoms with Crippen molar-refractivity contribution in [1.82, 2.24) is 5.32 Å². The lowest BCUT2D eigenvalue weighted by Crippen LogP contribution is -2.39. The molecule has 112 valence electrons. The predicted octanol–water partition coefficient (Wildman–Crippen LogP) is 2.94. The normalized spacial score (nSPS) is 20.9. The molecule has 1 aliphatic rings. The Bertz CT molecular complexity index is 497. The summed E-state index contributed by atoms with van der Waals surface area (Å²) in [5, 5.41) is 3.68. The van der Waals surface area contributed by atoms with Gasteiger partial charge in [0.1, 0.15) is 9.84 Å². The zero-order chi connectivity index (χ0) is 14.6. The fourth-order valence-electron chi connectivity index (χ4n) is 2.80. The van der Waals surface area contributed by atoms with E-state index in [2.05, 4.69) is 43.4 Å². The van der Waals surface area contributed by atoms with E-state index in [0.29, 0.717) is 29.5 Å². The van der Waals surface area contributed by atoms with Crippen molar-refractivity contribution in [2.75, 3.05) is 11.5 Å². The molecule has 2 rings (SSSR count). The summed E-state index contributed by atoms with van der Waals surface area (Å²) in [6.07, 6.45) is 2.56. The first-order valence-electron chi connectivity index (χ1n) is 7.48. The van der Waals surface area contributed by atoms with E-state index in [1.165, 1.54) is 5.56 Å². The minimum absolute atomic E-state index is 0.321. The maximum atomic E-state index is 11.5. The van der Waals surface area contributed by atoms with Gasteiger partial charge in [0.15, 0.2) is 0 Å². The van der Waals surface area contributed by atoms with Crippen molar-refractivity contribution in [3.8, 4) is 0 Å². The lowest BCUT2D eigenvalue weighted by Gasteiger charge is -2.29. The molecular weight excluding hydrogens is 270 g/mol.